The number of carbonyl (C=O) groups excluding carboxylic acids is 1. The van der Waals surface area contributed by atoms with Gasteiger partial charge in [0.05, 0.1) is 5.69 Å². The summed E-state index contributed by atoms with van der Waals surface area (Å²) in [4.78, 5) is 11.9. The fourth-order valence-corrected chi connectivity index (χ4v) is 1.70. The second-order valence-electron chi connectivity index (χ2n) is 4.42. The molecule has 0 aliphatic carbocycles. The van der Waals surface area contributed by atoms with Crippen molar-refractivity contribution < 1.29 is 9.90 Å². The number of amides is 1. The first-order valence-corrected chi connectivity index (χ1v) is 6.63. The lowest BCUT2D eigenvalue weighted by Crippen LogP contribution is -2.15. The highest BCUT2D eigenvalue weighted by atomic mass is 35.5. The Morgan fingerprint density at radius 1 is 1.53 bits per heavy atom. The fourth-order valence-electron chi connectivity index (χ4n) is 1.53. The van der Waals surface area contributed by atoms with E-state index in [1.807, 2.05) is 6.92 Å². The van der Waals surface area contributed by atoms with Gasteiger partial charge in [0.2, 0.25) is 5.91 Å². The highest BCUT2D eigenvalue weighted by Crippen LogP contribution is 2.20. The average molecular weight is 280 g/mol. The largest absolute Gasteiger partial charge is 0.384 e. The van der Waals surface area contributed by atoms with Crippen LogP contribution in [-0.4, -0.2) is 17.6 Å². The van der Waals surface area contributed by atoms with Crippen molar-refractivity contribution >= 4 is 23.2 Å². The van der Waals surface area contributed by atoms with Gasteiger partial charge in [0.15, 0.2) is 0 Å². The van der Waals surface area contributed by atoms with Crippen LogP contribution in [0.4, 0.5) is 5.69 Å². The number of nitrogens with one attached hydrogen (secondary N) is 1. The maximum atomic E-state index is 11.9. The van der Waals surface area contributed by atoms with E-state index in [4.69, 9.17) is 16.7 Å². The minimum atomic E-state index is -0.229. The summed E-state index contributed by atoms with van der Waals surface area (Å²) in [6, 6.07) is 5.09. The van der Waals surface area contributed by atoms with Gasteiger partial charge in [-0.05, 0) is 24.1 Å². The van der Waals surface area contributed by atoms with Crippen molar-refractivity contribution in [3.63, 3.8) is 0 Å². The molecule has 1 atom stereocenters. The molecule has 102 valence electrons. The molecule has 0 aliphatic heterocycles. The monoisotopic (exact) mass is 279 g/mol. The number of aliphatic hydroxyl groups excluding tert-OH is 1. The molecule has 0 heterocycles. The Labute approximate surface area is 119 Å². The molecule has 0 spiro atoms. The summed E-state index contributed by atoms with van der Waals surface area (Å²) in [5.74, 6) is 5.64. The first-order chi connectivity index (χ1) is 9.06. The van der Waals surface area contributed by atoms with Crippen molar-refractivity contribution in [3.8, 4) is 11.8 Å². The molecule has 0 saturated carbocycles. The molecule has 1 aromatic carbocycles. The van der Waals surface area contributed by atoms with Gasteiger partial charge >= 0.3 is 0 Å². The third kappa shape index (κ3) is 5.34. The Balaban J connectivity index is 2.85. The van der Waals surface area contributed by atoms with E-state index >= 15 is 0 Å². The molecule has 0 saturated heterocycles. The molecular formula is C15H18ClNO2. The van der Waals surface area contributed by atoms with Crippen molar-refractivity contribution in [1.82, 2.24) is 0 Å². The molecule has 0 aliphatic rings. The van der Waals surface area contributed by atoms with E-state index in [9.17, 15) is 4.79 Å². The zero-order valence-electron chi connectivity index (χ0n) is 11.2. The van der Waals surface area contributed by atoms with Gasteiger partial charge < -0.3 is 10.4 Å². The molecule has 1 aromatic rings. The zero-order chi connectivity index (χ0) is 14.3. The Kier molecular flexibility index (Phi) is 6.41. The lowest BCUT2D eigenvalue weighted by Gasteiger charge is -2.11. The van der Waals surface area contributed by atoms with Gasteiger partial charge in [0.25, 0.3) is 0 Å². The first kappa shape index (κ1) is 15.6. The van der Waals surface area contributed by atoms with E-state index in [0.29, 0.717) is 28.6 Å². The Morgan fingerprint density at radius 3 is 2.89 bits per heavy atom. The minimum Gasteiger partial charge on any atom is -0.384 e. The second kappa shape index (κ2) is 7.83. The van der Waals surface area contributed by atoms with E-state index in [2.05, 4.69) is 24.1 Å². The normalized spacial score (nSPS) is 11.4. The maximum absolute atomic E-state index is 11.9. The van der Waals surface area contributed by atoms with Crippen LogP contribution in [0.3, 0.4) is 0 Å². The Bertz CT molecular complexity index is 503. The lowest BCUT2D eigenvalue weighted by atomic mass is 10.0. The van der Waals surface area contributed by atoms with Gasteiger partial charge in [0.1, 0.15) is 6.61 Å². The fraction of sp³-hybridized carbons (Fsp3) is 0.400. The molecule has 0 fully saturated rings. The summed E-state index contributed by atoms with van der Waals surface area (Å²) in [5.41, 5.74) is 1.23. The summed E-state index contributed by atoms with van der Waals surface area (Å²) in [6.45, 7) is 3.86. The van der Waals surface area contributed by atoms with E-state index in [-0.39, 0.29) is 12.5 Å². The second-order valence-corrected chi connectivity index (χ2v) is 4.85. The van der Waals surface area contributed by atoms with E-state index < -0.39 is 0 Å². The predicted octanol–water partition coefficient (Wildman–Crippen LogP) is 3.06. The standard InChI is InChI=1S/C15H18ClNO2/c1-3-11(2)9-15(19)17-14-7-6-13(16)10-12(14)5-4-8-18/h6-7,10-11,18H,3,8-9H2,1-2H3,(H,17,19). The molecule has 0 radical (unpaired) electrons. The lowest BCUT2D eigenvalue weighted by molar-refractivity contribution is -0.117. The number of benzene rings is 1. The molecule has 19 heavy (non-hydrogen) atoms. The SMILES string of the molecule is CCC(C)CC(=O)Nc1ccc(Cl)cc1C#CCO. The molecule has 3 nitrogen and oxygen atoms in total. The Hall–Kier alpha value is -1.50. The van der Waals surface area contributed by atoms with Crippen LogP contribution in [0.5, 0.6) is 0 Å². The molecule has 0 aromatic heterocycles. The van der Waals surface area contributed by atoms with Gasteiger partial charge in [-0.25, -0.2) is 0 Å². The van der Waals surface area contributed by atoms with Gasteiger partial charge in [0, 0.05) is 17.0 Å². The van der Waals surface area contributed by atoms with Gasteiger partial charge in [-0.1, -0.05) is 43.7 Å². The number of rotatable bonds is 4. The minimum absolute atomic E-state index is 0.0382. The number of anilines is 1. The van der Waals surface area contributed by atoms with E-state index in [1.165, 1.54) is 0 Å². The number of hydrogen-bond donors (Lipinski definition) is 2. The van der Waals surface area contributed by atoms with Crippen molar-refractivity contribution in [2.24, 2.45) is 5.92 Å². The van der Waals surface area contributed by atoms with Crippen molar-refractivity contribution in [1.29, 1.82) is 0 Å². The van der Waals surface area contributed by atoms with Crippen LogP contribution in [0, 0.1) is 17.8 Å². The quantitative estimate of drug-likeness (QED) is 0.832. The van der Waals surface area contributed by atoms with E-state index in [0.717, 1.165) is 6.42 Å². The first-order valence-electron chi connectivity index (χ1n) is 6.26. The number of halogens is 1. The van der Waals surface area contributed by atoms with Crippen LogP contribution in [0.2, 0.25) is 5.02 Å². The molecule has 4 heteroatoms. The zero-order valence-corrected chi connectivity index (χ0v) is 11.9. The van der Waals surface area contributed by atoms with Gasteiger partial charge in [-0.2, -0.15) is 0 Å². The highest BCUT2D eigenvalue weighted by Gasteiger charge is 2.09. The third-order valence-electron chi connectivity index (χ3n) is 2.79. The van der Waals surface area contributed by atoms with Crippen LogP contribution in [0.15, 0.2) is 18.2 Å². The molecule has 2 N–H and O–H groups in total. The maximum Gasteiger partial charge on any atom is 0.224 e. The molecule has 0 bridgehead atoms. The topological polar surface area (TPSA) is 49.3 Å². The molecule has 1 rings (SSSR count). The summed E-state index contributed by atoms with van der Waals surface area (Å²) < 4.78 is 0. The summed E-state index contributed by atoms with van der Waals surface area (Å²) >= 11 is 5.90. The smallest absolute Gasteiger partial charge is 0.224 e. The highest BCUT2D eigenvalue weighted by molar-refractivity contribution is 6.30. The average Bonchev–Trinajstić information content (AvgIpc) is 2.38. The van der Waals surface area contributed by atoms with Crippen molar-refractivity contribution in [2.75, 3.05) is 11.9 Å². The van der Waals surface area contributed by atoms with Crippen molar-refractivity contribution in [3.05, 3.63) is 28.8 Å². The Morgan fingerprint density at radius 2 is 2.26 bits per heavy atom. The van der Waals surface area contributed by atoms with Crippen LogP contribution in [0.1, 0.15) is 32.3 Å². The number of hydrogen-bond acceptors (Lipinski definition) is 2. The predicted molar refractivity (Wildman–Crippen MR) is 78.1 cm³/mol. The van der Waals surface area contributed by atoms with Crippen LogP contribution < -0.4 is 5.32 Å². The molecular weight excluding hydrogens is 262 g/mol. The van der Waals surface area contributed by atoms with Gasteiger partial charge in [-0.3, -0.25) is 4.79 Å². The third-order valence-corrected chi connectivity index (χ3v) is 3.02. The summed E-state index contributed by atoms with van der Waals surface area (Å²) in [6.07, 6.45) is 1.44. The number of carbonyl (C=O) groups is 1. The van der Waals surface area contributed by atoms with Crippen molar-refractivity contribution in [2.45, 2.75) is 26.7 Å². The summed E-state index contributed by atoms with van der Waals surface area (Å²) in [7, 11) is 0. The van der Waals surface area contributed by atoms with Crippen LogP contribution >= 0.6 is 11.6 Å². The number of aliphatic hydroxyl groups is 1. The van der Waals surface area contributed by atoms with Crippen LogP contribution in [0.25, 0.3) is 0 Å². The van der Waals surface area contributed by atoms with Crippen LogP contribution in [-0.2, 0) is 4.79 Å². The molecule has 1 amide bonds. The summed E-state index contributed by atoms with van der Waals surface area (Å²) in [5, 5.41) is 12.1. The molecule has 1 unspecified atom stereocenters. The van der Waals surface area contributed by atoms with Gasteiger partial charge in [-0.15, -0.1) is 0 Å². The van der Waals surface area contributed by atoms with E-state index in [1.54, 1.807) is 18.2 Å².